The Morgan fingerprint density at radius 3 is 2.09 bits per heavy atom. The summed E-state index contributed by atoms with van der Waals surface area (Å²) in [5.74, 6) is -3.78. The second-order valence-electron chi connectivity index (χ2n) is 6.07. The van der Waals surface area contributed by atoms with Crippen molar-refractivity contribution in [2.45, 2.75) is 18.2 Å². The number of rotatable bonds is 3. The maximum absolute atomic E-state index is 13.6. The molecule has 0 bridgehead atoms. The second kappa shape index (κ2) is 9.99. The summed E-state index contributed by atoms with van der Waals surface area (Å²) >= 11 is 1.60. The Kier molecular flexibility index (Phi) is 8.21. The average Bonchev–Trinajstić information content (AvgIpc) is 2.65. The number of halogens is 8. The molecular weight excluding hydrogens is 597 g/mol. The number of carbonyl (C=O) groups excluding carboxylic acids is 1. The maximum Gasteiger partial charge on any atom is 0.423 e. The normalized spacial score (nSPS) is 12.1. The Morgan fingerprint density at radius 1 is 1.06 bits per heavy atom. The van der Waals surface area contributed by atoms with Gasteiger partial charge >= 0.3 is 18.4 Å². The second-order valence-corrected chi connectivity index (χ2v) is 7.75. The highest BCUT2D eigenvalue weighted by molar-refractivity contribution is 14.2. The number of aliphatic hydroxyl groups is 2. The van der Waals surface area contributed by atoms with E-state index in [1.54, 1.807) is 21.2 Å². The quantitative estimate of drug-likeness (QED) is 0.169. The van der Waals surface area contributed by atoms with Crippen molar-refractivity contribution >= 4 is 49.8 Å². The summed E-state index contributed by atoms with van der Waals surface area (Å²) in [4.78, 5) is 12.4. The molecule has 1 amide bonds. The van der Waals surface area contributed by atoms with E-state index >= 15 is 0 Å². The van der Waals surface area contributed by atoms with Crippen molar-refractivity contribution in [3.8, 4) is 16.9 Å². The lowest BCUT2D eigenvalue weighted by Gasteiger charge is -2.32. The van der Waals surface area contributed by atoms with E-state index in [9.17, 15) is 45.7 Å². The highest BCUT2D eigenvalue weighted by atomic mass is 127. The third kappa shape index (κ3) is 6.92. The minimum Gasteiger partial charge on any atom is -0.408 e. The summed E-state index contributed by atoms with van der Waals surface area (Å²) in [5, 5.41) is 21.6. The molecule has 2 rings (SSSR count). The van der Waals surface area contributed by atoms with Crippen LogP contribution in [0.3, 0.4) is 0 Å². The van der Waals surface area contributed by atoms with Gasteiger partial charge in [0.15, 0.2) is 19.4 Å². The van der Waals surface area contributed by atoms with Gasteiger partial charge in [-0.2, -0.15) is 26.3 Å². The van der Waals surface area contributed by atoms with Gasteiger partial charge in [0.25, 0.3) is 0 Å². The van der Waals surface area contributed by atoms with E-state index in [1.165, 1.54) is 0 Å². The summed E-state index contributed by atoms with van der Waals surface area (Å²) in [6.45, 7) is 0. The minimum atomic E-state index is -5.44. The van der Waals surface area contributed by atoms with Crippen LogP contribution in [-0.4, -0.2) is 30.0 Å². The molecule has 0 aliphatic rings. The van der Waals surface area contributed by atoms with E-state index in [0.717, 1.165) is 33.2 Å². The summed E-state index contributed by atoms with van der Waals surface area (Å²) < 4.78 is 97.9. The number of ether oxygens (including phenoxy) is 1. The fourth-order valence-electron chi connectivity index (χ4n) is 2.43. The van der Waals surface area contributed by atoms with E-state index in [2.05, 4.69) is 9.99 Å². The molecule has 0 unspecified atom stereocenters. The van der Waals surface area contributed by atoms with Crippen LogP contribution in [0.15, 0.2) is 36.4 Å². The van der Waals surface area contributed by atoms with E-state index in [4.69, 9.17) is 7.85 Å². The lowest BCUT2D eigenvalue weighted by molar-refractivity contribution is -0.143. The van der Waals surface area contributed by atoms with Crippen LogP contribution in [0.25, 0.3) is 0 Å². The molecular formula is C18H8BF7INO4S. The summed E-state index contributed by atoms with van der Waals surface area (Å²) in [7, 11) is 5.79. The molecule has 0 spiro atoms. The Hall–Kier alpha value is -2.16. The summed E-state index contributed by atoms with van der Waals surface area (Å²) in [5.41, 5.74) is -5.21. The van der Waals surface area contributed by atoms with Crippen molar-refractivity contribution in [2.75, 3.05) is 4.90 Å². The number of hydrogen-bond acceptors (Lipinski definition) is 5. The topological polar surface area (TPSA) is 70.0 Å². The van der Waals surface area contributed by atoms with Crippen molar-refractivity contribution in [3.63, 3.8) is 0 Å². The lowest BCUT2D eigenvalue weighted by Crippen LogP contribution is -2.54. The van der Waals surface area contributed by atoms with Crippen LogP contribution in [0.1, 0.15) is 16.7 Å². The van der Waals surface area contributed by atoms with Gasteiger partial charge in [0.05, 0.1) is 16.8 Å². The van der Waals surface area contributed by atoms with E-state index in [0.29, 0.717) is 0 Å². The number of amides is 1. The van der Waals surface area contributed by atoms with Gasteiger partial charge in [0, 0.05) is 21.2 Å². The molecule has 2 aromatic rings. The zero-order valence-electron chi connectivity index (χ0n) is 15.6. The molecule has 0 heterocycles. The van der Waals surface area contributed by atoms with Gasteiger partial charge in [0.2, 0.25) is 0 Å². The lowest BCUT2D eigenvalue weighted by atomic mass is 10.0. The largest absolute Gasteiger partial charge is 0.423 e. The number of carbonyl (C=O) groups is 1. The van der Waals surface area contributed by atoms with Crippen LogP contribution in [-0.2, 0) is 12.4 Å². The van der Waals surface area contributed by atoms with Crippen LogP contribution < -0.4 is 9.64 Å². The smallest absolute Gasteiger partial charge is 0.408 e. The Labute approximate surface area is 198 Å². The molecule has 174 valence electrons. The highest BCUT2D eigenvalue weighted by Crippen LogP contribution is 2.43. The van der Waals surface area contributed by atoms with Gasteiger partial charge in [0.1, 0.15) is 11.4 Å². The van der Waals surface area contributed by atoms with Crippen LogP contribution in [0.5, 0.6) is 5.75 Å². The van der Waals surface area contributed by atoms with Crippen LogP contribution in [0.4, 0.5) is 41.2 Å². The molecule has 0 aliphatic heterocycles. The third-order valence-corrected chi connectivity index (χ3v) is 4.57. The molecule has 2 N–H and O–H groups in total. The van der Waals surface area contributed by atoms with Crippen LogP contribution >= 0.6 is 30.1 Å². The van der Waals surface area contributed by atoms with Gasteiger partial charge in [-0.3, -0.25) is 0 Å². The first kappa shape index (κ1) is 27.1. The molecule has 15 heteroatoms. The Bertz CT molecular complexity index is 1090. The molecule has 0 fully saturated rings. The van der Waals surface area contributed by atoms with Gasteiger partial charge in [-0.05, 0) is 50.6 Å². The first-order valence-corrected chi connectivity index (χ1v) is 11.5. The van der Waals surface area contributed by atoms with Gasteiger partial charge < -0.3 is 14.9 Å². The van der Waals surface area contributed by atoms with E-state index in [1.807, 2.05) is 5.92 Å². The number of hydrogen-bond donors (Lipinski definition) is 2. The first-order valence-electron chi connectivity index (χ1n) is 8.18. The van der Waals surface area contributed by atoms with Crippen molar-refractivity contribution in [2.24, 2.45) is 0 Å². The predicted molar refractivity (Wildman–Crippen MR) is 113 cm³/mol. The Balaban J connectivity index is 2.70. The summed E-state index contributed by atoms with van der Waals surface area (Å²) in [6.07, 6.45) is -12.6. The monoisotopic (exact) mass is 605 g/mol. The van der Waals surface area contributed by atoms with Gasteiger partial charge in [-0.1, -0.05) is 5.92 Å². The predicted octanol–water partition coefficient (Wildman–Crippen LogP) is 5.03. The molecule has 0 aliphatic carbocycles. The standard InChI is InChI=1S/C18H8BF7INO4S/c19-18(30,31)28(12-3-1-11(20)2-4-12)15(29)32-14-9(5-6-33-27)7-10(16(21,22)23)8-13(14)17(24,25)26/h1-4,7-8,30-31H. The fourth-order valence-corrected chi connectivity index (χ4v) is 2.91. The van der Waals surface area contributed by atoms with E-state index < -0.39 is 58.2 Å². The van der Waals surface area contributed by atoms with Gasteiger partial charge in [-0.25, -0.2) is 14.1 Å². The fraction of sp³-hybridized carbons (Fsp3) is 0.167. The van der Waals surface area contributed by atoms with E-state index in [-0.39, 0.29) is 17.0 Å². The molecule has 0 atom stereocenters. The molecule has 0 saturated carbocycles. The number of anilines is 1. The average molecular weight is 605 g/mol. The molecule has 0 aromatic heterocycles. The first-order chi connectivity index (χ1) is 15.1. The van der Waals surface area contributed by atoms with Crippen molar-refractivity contribution in [1.29, 1.82) is 0 Å². The molecule has 2 aromatic carbocycles. The number of benzene rings is 2. The molecule has 0 saturated heterocycles. The van der Waals surface area contributed by atoms with Crippen molar-refractivity contribution < 1.29 is 50.5 Å². The van der Waals surface area contributed by atoms with Gasteiger partial charge in [-0.15, -0.1) is 0 Å². The summed E-state index contributed by atoms with van der Waals surface area (Å²) in [6, 6.07) is 3.09. The zero-order valence-corrected chi connectivity index (χ0v) is 18.6. The number of nitrogens with zero attached hydrogens (tertiary/aromatic N) is 1. The highest BCUT2D eigenvalue weighted by Gasteiger charge is 2.42. The number of alkyl halides is 6. The third-order valence-electron chi connectivity index (χ3n) is 3.73. The minimum absolute atomic E-state index is 0.158. The van der Waals surface area contributed by atoms with Crippen LogP contribution in [0.2, 0.25) is 0 Å². The van der Waals surface area contributed by atoms with Crippen molar-refractivity contribution in [3.05, 3.63) is 58.9 Å². The molecule has 33 heavy (non-hydrogen) atoms. The van der Waals surface area contributed by atoms with Crippen LogP contribution in [0, 0.1) is 17.0 Å². The maximum atomic E-state index is 13.6. The SMILES string of the molecule is [B]C(O)(O)N(C(=O)Oc1c(C#CSI)cc(C(F)(F)F)cc1C(F)(F)F)c1ccc(F)cc1. The Morgan fingerprint density at radius 2 is 1.64 bits per heavy atom. The molecule has 5 nitrogen and oxygen atoms in total. The van der Waals surface area contributed by atoms with Crippen molar-refractivity contribution in [1.82, 2.24) is 0 Å². The molecule has 2 radical (unpaired) electrons. The zero-order chi connectivity index (χ0) is 25.2.